The van der Waals surface area contributed by atoms with Crippen LogP contribution in [0.1, 0.15) is 129 Å². The third-order valence-corrected chi connectivity index (χ3v) is 7.95. The number of rotatable bonds is 23. The summed E-state index contributed by atoms with van der Waals surface area (Å²) in [6.07, 6.45) is 22.3. The molecule has 0 bridgehead atoms. The van der Waals surface area contributed by atoms with Gasteiger partial charge in [0.1, 0.15) is 13.2 Å². The SMILES string of the molecule is CCCCCCCCCCCCCCCCCCNC(=O)OCC1CC(COC(=O)NCc2ccccn2)N1C(C)=O. The number of hydrogen-bond donors (Lipinski definition) is 2. The Morgan fingerprint density at radius 3 is 1.74 bits per heavy atom. The van der Waals surface area contributed by atoms with Crippen LogP contribution >= 0.6 is 0 Å². The van der Waals surface area contributed by atoms with E-state index in [4.69, 9.17) is 9.47 Å². The second-order valence-corrected chi connectivity index (χ2v) is 11.6. The van der Waals surface area contributed by atoms with Gasteiger partial charge >= 0.3 is 12.2 Å². The predicted octanol–water partition coefficient (Wildman–Crippen LogP) is 7.28. The highest BCUT2D eigenvalue weighted by molar-refractivity contribution is 5.75. The average Bonchev–Trinajstić information content (AvgIpc) is 2.97. The summed E-state index contributed by atoms with van der Waals surface area (Å²) in [7, 11) is 0. The van der Waals surface area contributed by atoms with Gasteiger partial charge < -0.3 is 25.0 Å². The second-order valence-electron chi connectivity index (χ2n) is 11.6. The average molecular weight is 589 g/mol. The van der Waals surface area contributed by atoms with Gasteiger partial charge in [0.05, 0.1) is 24.3 Å². The van der Waals surface area contributed by atoms with Crippen LogP contribution < -0.4 is 10.6 Å². The molecule has 2 unspecified atom stereocenters. The maximum Gasteiger partial charge on any atom is 0.407 e. The van der Waals surface area contributed by atoms with Crippen molar-refractivity contribution < 1.29 is 23.9 Å². The largest absolute Gasteiger partial charge is 0.447 e. The van der Waals surface area contributed by atoms with Gasteiger partial charge in [-0.05, 0) is 25.0 Å². The highest BCUT2D eigenvalue weighted by Crippen LogP contribution is 2.26. The fourth-order valence-electron chi connectivity index (χ4n) is 5.49. The van der Waals surface area contributed by atoms with Crippen LogP contribution in [0.15, 0.2) is 24.4 Å². The molecule has 238 valence electrons. The van der Waals surface area contributed by atoms with Gasteiger partial charge in [0.2, 0.25) is 5.91 Å². The maximum absolute atomic E-state index is 12.1. The molecule has 2 N–H and O–H groups in total. The molecule has 0 spiro atoms. The summed E-state index contributed by atoms with van der Waals surface area (Å²) in [5.41, 5.74) is 0.730. The molecule has 42 heavy (non-hydrogen) atoms. The molecule has 9 nitrogen and oxygen atoms in total. The predicted molar refractivity (Wildman–Crippen MR) is 166 cm³/mol. The van der Waals surface area contributed by atoms with Gasteiger partial charge in [0.25, 0.3) is 0 Å². The molecule has 0 saturated carbocycles. The number of amides is 3. The van der Waals surface area contributed by atoms with Gasteiger partial charge in [-0.15, -0.1) is 0 Å². The van der Waals surface area contributed by atoms with Crippen LogP contribution in [0.25, 0.3) is 0 Å². The summed E-state index contributed by atoms with van der Waals surface area (Å²) >= 11 is 0. The highest BCUT2D eigenvalue weighted by atomic mass is 16.6. The van der Waals surface area contributed by atoms with Crippen molar-refractivity contribution in [2.24, 2.45) is 0 Å². The number of ether oxygens (including phenoxy) is 2. The first kappa shape index (κ1) is 35.4. The topological polar surface area (TPSA) is 110 Å². The van der Waals surface area contributed by atoms with Crippen LogP contribution in [0.5, 0.6) is 0 Å². The molecule has 1 aromatic rings. The molecule has 1 fully saturated rings. The lowest BCUT2D eigenvalue weighted by Gasteiger charge is -2.47. The standard InChI is InChI=1S/C33H56N4O5/c1-3-4-5-6-7-8-9-10-11-12-13-14-15-16-17-19-23-35-32(39)41-26-30-24-31(37(30)28(2)38)27-42-33(40)36-25-29-21-18-20-22-34-29/h18,20-22,30-31H,3-17,19,23-27H2,1-2H3,(H,35,39)(H,36,40). The zero-order chi connectivity index (χ0) is 30.3. The van der Waals surface area contributed by atoms with E-state index in [0.29, 0.717) is 13.0 Å². The minimum absolute atomic E-state index is 0.0928. The van der Waals surface area contributed by atoms with Crippen molar-refractivity contribution in [2.75, 3.05) is 19.8 Å². The van der Waals surface area contributed by atoms with Crippen LogP contribution in [0, 0.1) is 0 Å². The molecule has 3 amide bonds. The summed E-state index contributed by atoms with van der Waals surface area (Å²) in [4.78, 5) is 41.9. The van der Waals surface area contributed by atoms with E-state index in [9.17, 15) is 14.4 Å². The van der Waals surface area contributed by atoms with Gasteiger partial charge in [-0.2, -0.15) is 0 Å². The number of pyridine rings is 1. The molecule has 9 heteroatoms. The minimum Gasteiger partial charge on any atom is -0.447 e. The molecule has 0 aromatic carbocycles. The zero-order valence-corrected chi connectivity index (χ0v) is 26.2. The van der Waals surface area contributed by atoms with E-state index in [1.807, 2.05) is 12.1 Å². The van der Waals surface area contributed by atoms with Crippen molar-refractivity contribution in [3.8, 4) is 0 Å². The highest BCUT2D eigenvalue weighted by Gasteiger charge is 2.41. The number of hydrogen-bond acceptors (Lipinski definition) is 6. The number of likely N-dealkylation sites (tertiary alicyclic amines) is 1. The summed E-state index contributed by atoms with van der Waals surface area (Å²) < 4.78 is 10.6. The minimum atomic E-state index is -0.558. The fourth-order valence-corrected chi connectivity index (χ4v) is 5.49. The van der Waals surface area contributed by atoms with E-state index in [1.54, 1.807) is 17.2 Å². The molecule has 1 saturated heterocycles. The second kappa shape index (κ2) is 22.7. The molecule has 2 heterocycles. The molecule has 2 atom stereocenters. The summed E-state index contributed by atoms with van der Waals surface area (Å²) in [5.74, 6) is -0.133. The maximum atomic E-state index is 12.1. The van der Waals surface area contributed by atoms with E-state index in [0.717, 1.165) is 18.5 Å². The Morgan fingerprint density at radius 2 is 1.26 bits per heavy atom. The number of aromatic nitrogens is 1. The molecule has 0 radical (unpaired) electrons. The Labute approximate surface area is 253 Å². The van der Waals surface area contributed by atoms with Gasteiger partial charge in [0.15, 0.2) is 0 Å². The van der Waals surface area contributed by atoms with Crippen molar-refractivity contribution in [1.82, 2.24) is 20.5 Å². The van der Waals surface area contributed by atoms with Crippen molar-refractivity contribution in [3.63, 3.8) is 0 Å². The number of nitrogens with zero attached hydrogens (tertiary/aromatic N) is 2. The van der Waals surface area contributed by atoms with E-state index in [-0.39, 0.29) is 37.7 Å². The van der Waals surface area contributed by atoms with Crippen molar-refractivity contribution in [3.05, 3.63) is 30.1 Å². The number of unbranched alkanes of at least 4 members (excludes halogenated alkanes) is 15. The quantitative estimate of drug-likeness (QED) is 0.130. The van der Waals surface area contributed by atoms with Crippen LogP contribution in [0.3, 0.4) is 0 Å². The molecular weight excluding hydrogens is 532 g/mol. The molecule has 0 aliphatic carbocycles. The van der Waals surface area contributed by atoms with Crippen LogP contribution in [-0.4, -0.2) is 59.8 Å². The molecule has 1 aromatic heterocycles. The Hall–Kier alpha value is -2.84. The Balaban J connectivity index is 1.40. The first-order chi connectivity index (χ1) is 20.5. The third-order valence-electron chi connectivity index (χ3n) is 7.95. The van der Waals surface area contributed by atoms with Crippen LogP contribution in [0.2, 0.25) is 0 Å². The van der Waals surface area contributed by atoms with Crippen molar-refractivity contribution in [2.45, 2.75) is 142 Å². The van der Waals surface area contributed by atoms with Gasteiger partial charge in [-0.3, -0.25) is 9.78 Å². The van der Waals surface area contributed by atoms with Crippen molar-refractivity contribution in [1.29, 1.82) is 0 Å². The van der Waals surface area contributed by atoms with Gasteiger partial charge in [-0.25, -0.2) is 9.59 Å². The first-order valence-electron chi connectivity index (χ1n) is 16.5. The first-order valence-corrected chi connectivity index (χ1v) is 16.5. The molecule has 1 aliphatic rings. The Kier molecular flexibility index (Phi) is 19.1. The Bertz CT molecular complexity index is 869. The van der Waals surface area contributed by atoms with E-state index in [1.165, 1.54) is 96.8 Å². The summed E-state index contributed by atoms with van der Waals surface area (Å²) in [6, 6.07) is 5.05. The molecule has 1 aliphatic heterocycles. The lowest BCUT2D eigenvalue weighted by molar-refractivity contribution is -0.147. The number of carbonyl (C=O) groups is 3. The number of nitrogens with one attached hydrogen (secondary N) is 2. The number of carbonyl (C=O) groups excluding carboxylic acids is 3. The normalized spacial score (nSPS) is 16.0. The zero-order valence-electron chi connectivity index (χ0n) is 26.2. The van der Waals surface area contributed by atoms with E-state index >= 15 is 0 Å². The van der Waals surface area contributed by atoms with Crippen LogP contribution in [-0.2, 0) is 20.8 Å². The van der Waals surface area contributed by atoms with Gasteiger partial charge in [-0.1, -0.05) is 109 Å². The van der Waals surface area contributed by atoms with Crippen molar-refractivity contribution >= 4 is 18.1 Å². The lowest BCUT2D eigenvalue weighted by Crippen LogP contribution is -2.61. The molecule has 2 rings (SSSR count). The summed E-state index contributed by atoms with van der Waals surface area (Å²) in [6.45, 7) is 4.83. The monoisotopic (exact) mass is 588 g/mol. The number of alkyl carbamates (subject to hydrolysis) is 2. The third kappa shape index (κ3) is 16.0. The molecular formula is C33H56N4O5. The lowest BCUT2D eigenvalue weighted by atomic mass is 9.94. The summed E-state index contributed by atoms with van der Waals surface area (Å²) in [5, 5.41) is 5.46. The van der Waals surface area contributed by atoms with Crippen LogP contribution in [0.4, 0.5) is 9.59 Å². The smallest absolute Gasteiger partial charge is 0.407 e. The van der Waals surface area contributed by atoms with E-state index < -0.39 is 12.2 Å². The van der Waals surface area contributed by atoms with Gasteiger partial charge in [0, 0.05) is 19.7 Å². The fraction of sp³-hybridized carbons (Fsp3) is 0.758. The Morgan fingerprint density at radius 1 is 0.762 bits per heavy atom. The van der Waals surface area contributed by atoms with E-state index in [2.05, 4.69) is 22.5 Å².